The van der Waals surface area contributed by atoms with E-state index in [9.17, 15) is 14.0 Å². The van der Waals surface area contributed by atoms with Gasteiger partial charge in [0, 0.05) is 26.4 Å². The molecule has 190 valence electrons. The number of anilines is 1. The number of rotatable bonds is 6. The van der Waals surface area contributed by atoms with E-state index in [-0.39, 0.29) is 30.7 Å². The minimum atomic E-state index is -1.06. The first-order valence-corrected chi connectivity index (χ1v) is 11.7. The Morgan fingerprint density at radius 2 is 1.78 bits per heavy atom. The van der Waals surface area contributed by atoms with Gasteiger partial charge in [-0.15, -0.1) is 0 Å². The fourth-order valence-electron chi connectivity index (χ4n) is 4.79. The van der Waals surface area contributed by atoms with E-state index >= 15 is 0 Å². The number of hydrogen-bond donors (Lipinski definition) is 1. The number of methoxy groups -OCH3 is 1. The third-order valence-corrected chi connectivity index (χ3v) is 6.49. The van der Waals surface area contributed by atoms with Crippen LogP contribution in [0.25, 0.3) is 16.7 Å². The van der Waals surface area contributed by atoms with E-state index < -0.39 is 17.8 Å². The predicted octanol–water partition coefficient (Wildman–Crippen LogP) is 3.83. The predicted molar refractivity (Wildman–Crippen MR) is 138 cm³/mol. The number of nitrogens with zero attached hydrogens (tertiary/aromatic N) is 4. The maximum atomic E-state index is 13.9. The molecule has 1 saturated heterocycles. The molecule has 2 N–H and O–H groups in total. The molecule has 0 bridgehead atoms. The molecule has 0 saturated carbocycles. The second-order valence-corrected chi connectivity index (χ2v) is 8.82. The highest BCUT2D eigenvalue weighted by molar-refractivity contribution is 5.91. The lowest BCUT2D eigenvalue weighted by Gasteiger charge is -2.37. The number of aromatic nitrogens is 3. The van der Waals surface area contributed by atoms with E-state index in [0.717, 1.165) is 0 Å². The molecule has 0 unspecified atom stereocenters. The second-order valence-electron chi connectivity index (χ2n) is 8.82. The zero-order valence-electron chi connectivity index (χ0n) is 20.2. The van der Waals surface area contributed by atoms with Gasteiger partial charge in [0.25, 0.3) is 5.91 Å². The zero-order chi connectivity index (χ0) is 26.1. The molecule has 4 aromatic rings. The van der Waals surface area contributed by atoms with Gasteiger partial charge in [-0.05, 0) is 48.9 Å². The molecule has 9 nitrogen and oxygen atoms in total. The fraction of sp³-hybridized carbons (Fsp3) is 0.222. The SMILES string of the molecule is C=C(F)C(=O)N1C[C@H](OC)C[C@H](n2c(=O)n(-c3ccc(Oc4ccccc4)cc3)c3c(N)nccc32)C1. The molecule has 5 rings (SSSR count). The number of carbonyl (C=O) groups excluding carboxylic acids is 1. The number of piperidine rings is 1. The van der Waals surface area contributed by atoms with Crippen molar-refractivity contribution in [3.63, 3.8) is 0 Å². The highest BCUT2D eigenvalue weighted by Crippen LogP contribution is 2.30. The average Bonchev–Trinajstić information content (AvgIpc) is 3.21. The van der Waals surface area contributed by atoms with Crippen LogP contribution >= 0.6 is 0 Å². The largest absolute Gasteiger partial charge is 0.457 e. The minimum Gasteiger partial charge on any atom is -0.457 e. The van der Waals surface area contributed by atoms with Gasteiger partial charge < -0.3 is 20.1 Å². The molecule has 0 spiro atoms. The van der Waals surface area contributed by atoms with Crippen LogP contribution in [0, 0.1) is 0 Å². The standard InChI is InChI=1S/C27H26FN5O4/c1-17(28)26(34)31-15-19(14-22(16-31)36-2)32-23-12-13-30-25(29)24(23)33(27(32)35)18-8-10-21(11-9-18)37-20-6-4-3-5-7-20/h3-13,19,22H,1,14-16H2,2H3,(H2,29,30)/t19-,22+/m0/s1. The van der Waals surface area contributed by atoms with Crippen LogP contribution in [0.3, 0.4) is 0 Å². The van der Waals surface area contributed by atoms with E-state index in [1.807, 2.05) is 30.3 Å². The summed E-state index contributed by atoms with van der Waals surface area (Å²) in [5.41, 5.74) is 7.45. The molecule has 0 aliphatic carbocycles. The Morgan fingerprint density at radius 3 is 2.46 bits per heavy atom. The first-order chi connectivity index (χ1) is 17.9. The van der Waals surface area contributed by atoms with Crippen LogP contribution in [-0.2, 0) is 9.53 Å². The maximum absolute atomic E-state index is 13.9. The molecule has 2 aromatic carbocycles. The summed E-state index contributed by atoms with van der Waals surface area (Å²) < 4.78 is 28.1. The topological polar surface area (TPSA) is 105 Å². The number of likely N-dealkylation sites (tertiary alicyclic amines) is 1. The van der Waals surface area contributed by atoms with Crippen molar-refractivity contribution < 1.29 is 18.7 Å². The van der Waals surface area contributed by atoms with Gasteiger partial charge in [-0.2, -0.15) is 0 Å². The average molecular weight is 504 g/mol. The van der Waals surface area contributed by atoms with Gasteiger partial charge in [-0.3, -0.25) is 13.9 Å². The summed E-state index contributed by atoms with van der Waals surface area (Å²) in [7, 11) is 1.52. The number of nitrogens with two attached hydrogens (primary N) is 1. The summed E-state index contributed by atoms with van der Waals surface area (Å²) in [4.78, 5) is 31.8. The van der Waals surface area contributed by atoms with Crippen molar-refractivity contribution in [1.29, 1.82) is 0 Å². The number of para-hydroxylation sites is 1. The Balaban J connectivity index is 1.57. The van der Waals surface area contributed by atoms with Gasteiger partial charge in [0.1, 0.15) is 22.8 Å². The van der Waals surface area contributed by atoms with Crippen molar-refractivity contribution in [2.24, 2.45) is 0 Å². The number of fused-ring (bicyclic) bond motifs is 1. The molecule has 1 amide bonds. The van der Waals surface area contributed by atoms with Crippen molar-refractivity contribution >= 4 is 22.8 Å². The summed E-state index contributed by atoms with van der Waals surface area (Å²) in [6.07, 6.45) is 1.59. The van der Waals surface area contributed by atoms with E-state index in [4.69, 9.17) is 15.2 Å². The van der Waals surface area contributed by atoms with Gasteiger partial charge >= 0.3 is 5.69 Å². The molecule has 0 radical (unpaired) electrons. The normalized spacial score (nSPS) is 17.6. The number of amides is 1. The fourth-order valence-corrected chi connectivity index (χ4v) is 4.79. The summed E-state index contributed by atoms with van der Waals surface area (Å²) in [6.45, 7) is 3.45. The van der Waals surface area contributed by atoms with Crippen LogP contribution in [0.1, 0.15) is 12.5 Å². The van der Waals surface area contributed by atoms with Gasteiger partial charge in [0.2, 0.25) is 0 Å². The van der Waals surface area contributed by atoms with Crippen molar-refractivity contribution in [3.8, 4) is 17.2 Å². The smallest absolute Gasteiger partial charge is 0.334 e. The third-order valence-electron chi connectivity index (χ3n) is 6.49. The Kier molecular flexibility index (Phi) is 6.49. The van der Waals surface area contributed by atoms with Crippen LogP contribution in [0.5, 0.6) is 11.5 Å². The highest BCUT2D eigenvalue weighted by Gasteiger charge is 2.34. The minimum absolute atomic E-state index is 0.118. The van der Waals surface area contributed by atoms with Gasteiger partial charge in [-0.25, -0.2) is 14.2 Å². The number of benzene rings is 2. The van der Waals surface area contributed by atoms with Crippen LogP contribution < -0.4 is 16.2 Å². The number of hydrogen-bond acceptors (Lipinski definition) is 6. The van der Waals surface area contributed by atoms with Crippen LogP contribution in [0.2, 0.25) is 0 Å². The Hall–Kier alpha value is -4.44. The summed E-state index contributed by atoms with van der Waals surface area (Å²) >= 11 is 0. The molecule has 1 aliphatic heterocycles. The van der Waals surface area contributed by atoms with Crippen molar-refractivity contribution in [3.05, 3.63) is 89.8 Å². The van der Waals surface area contributed by atoms with Gasteiger partial charge in [0.05, 0.1) is 23.3 Å². The number of ether oxygens (including phenoxy) is 2. The Morgan fingerprint density at radius 1 is 1.08 bits per heavy atom. The van der Waals surface area contributed by atoms with Crippen LogP contribution in [0.15, 0.2) is 84.1 Å². The van der Waals surface area contributed by atoms with Crippen molar-refractivity contribution in [1.82, 2.24) is 19.0 Å². The Labute approximate surface area is 212 Å². The van der Waals surface area contributed by atoms with E-state index in [1.165, 1.54) is 22.8 Å². The summed E-state index contributed by atoms with van der Waals surface area (Å²) in [6, 6.07) is 17.6. The van der Waals surface area contributed by atoms with Crippen LogP contribution in [0.4, 0.5) is 10.2 Å². The van der Waals surface area contributed by atoms with Crippen LogP contribution in [-0.4, -0.2) is 51.2 Å². The van der Waals surface area contributed by atoms with Crippen molar-refractivity contribution in [2.45, 2.75) is 18.6 Å². The Bertz CT molecular complexity index is 1510. The molecule has 2 atom stereocenters. The molecule has 37 heavy (non-hydrogen) atoms. The molecule has 1 aliphatic rings. The van der Waals surface area contributed by atoms with Gasteiger partial charge in [0.15, 0.2) is 5.83 Å². The molecule has 1 fully saturated rings. The van der Waals surface area contributed by atoms with Gasteiger partial charge in [-0.1, -0.05) is 24.8 Å². The molecule has 3 heterocycles. The number of pyridine rings is 1. The first-order valence-electron chi connectivity index (χ1n) is 11.7. The summed E-state index contributed by atoms with van der Waals surface area (Å²) in [5.74, 6) is -0.399. The number of halogens is 1. The zero-order valence-corrected chi connectivity index (χ0v) is 20.2. The number of carbonyl (C=O) groups is 1. The lowest BCUT2D eigenvalue weighted by Crippen LogP contribution is -2.49. The van der Waals surface area contributed by atoms with E-state index in [1.54, 1.807) is 34.9 Å². The lowest BCUT2D eigenvalue weighted by atomic mass is 10.0. The quantitative estimate of drug-likeness (QED) is 0.401. The first kappa shape index (κ1) is 24.3. The highest BCUT2D eigenvalue weighted by atomic mass is 19.1. The molecular weight excluding hydrogens is 477 g/mol. The molecular formula is C27H26FN5O4. The van der Waals surface area contributed by atoms with E-state index in [2.05, 4.69) is 11.6 Å². The number of imidazole rings is 1. The molecule has 2 aromatic heterocycles. The third kappa shape index (κ3) is 4.58. The molecule has 10 heteroatoms. The second kappa shape index (κ2) is 9.90. The lowest BCUT2D eigenvalue weighted by molar-refractivity contribution is -0.133. The summed E-state index contributed by atoms with van der Waals surface area (Å²) in [5, 5.41) is 0. The maximum Gasteiger partial charge on any atom is 0.334 e. The monoisotopic (exact) mass is 503 g/mol. The van der Waals surface area contributed by atoms with Crippen molar-refractivity contribution in [2.75, 3.05) is 25.9 Å². The van der Waals surface area contributed by atoms with E-state index in [0.29, 0.717) is 34.6 Å². The number of nitrogen functional groups attached to an aromatic ring is 1.